The second kappa shape index (κ2) is 8.21. The maximum absolute atomic E-state index is 12.7. The highest BCUT2D eigenvalue weighted by Gasteiger charge is 2.35. The molecule has 1 saturated heterocycles. The van der Waals surface area contributed by atoms with E-state index in [1.54, 1.807) is 6.07 Å². The molecular weight excluding hydrogens is 373 g/mol. The highest BCUT2D eigenvalue weighted by Crippen LogP contribution is 2.29. The third-order valence-corrected chi connectivity index (χ3v) is 4.32. The largest absolute Gasteiger partial charge is 0.459 e. The van der Waals surface area contributed by atoms with Gasteiger partial charge in [-0.05, 0) is 43.2 Å². The van der Waals surface area contributed by atoms with E-state index in [0.717, 1.165) is 12.1 Å². The van der Waals surface area contributed by atoms with E-state index in [1.165, 1.54) is 29.4 Å². The van der Waals surface area contributed by atoms with Gasteiger partial charge in [0.2, 0.25) is 5.91 Å². The molecule has 0 spiro atoms. The van der Waals surface area contributed by atoms with Crippen LogP contribution < -0.4 is 5.32 Å². The van der Waals surface area contributed by atoms with Gasteiger partial charge in [-0.1, -0.05) is 17.9 Å². The molecule has 28 heavy (non-hydrogen) atoms. The maximum atomic E-state index is 12.7. The summed E-state index contributed by atoms with van der Waals surface area (Å²) in [6.07, 6.45) is -1.82. The van der Waals surface area contributed by atoms with Crippen molar-refractivity contribution in [2.45, 2.75) is 25.1 Å². The molecule has 1 aliphatic rings. The predicted molar refractivity (Wildman–Crippen MR) is 94.1 cm³/mol. The normalized spacial score (nSPS) is 16.4. The number of rotatable bonds is 3. The summed E-state index contributed by atoms with van der Waals surface area (Å²) in [4.78, 5) is 26.2. The van der Waals surface area contributed by atoms with Crippen LogP contribution in [0.5, 0.6) is 0 Å². The van der Waals surface area contributed by atoms with Gasteiger partial charge in [-0.15, -0.1) is 0 Å². The highest BCUT2D eigenvalue weighted by atomic mass is 19.4. The predicted octanol–water partition coefficient (Wildman–Crippen LogP) is 3.07. The lowest BCUT2D eigenvalue weighted by Crippen LogP contribution is -2.46. The molecule has 2 amide bonds. The van der Waals surface area contributed by atoms with E-state index in [0.29, 0.717) is 19.4 Å². The standard InChI is InChI=1S/C20H17F3N2O3/c21-20(22,23)15-7-1-5-14(13-15)6-2-10-24-18(26)16-8-3-11-25(16)19(27)17-9-4-12-28-17/h1,4-5,7,9,12-13,16H,3,8,10-11H2,(H,24,26). The van der Waals surface area contributed by atoms with Gasteiger partial charge in [0.25, 0.3) is 5.91 Å². The van der Waals surface area contributed by atoms with Crippen LogP contribution in [0.15, 0.2) is 47.1 Å². The molecule has 3 rings (SSSR count). The average Bonchev–Trinajstić information content (AvgIpc) is 3.36. The van der Waals surface area contributed by atoms with E-state index >= 15 is 0 Å². The number of halogens is 3. The Hall–Kier alpha value is -3.21. The topological polar surface area (TPSA) is 62.6 Å². The molecule has 2 aromatic rings. The molecule has 2 heterocycles. The summed E-state index contributed by atoms with van der Waals surface area (Å²) < 4.78 is 43.2. The van der Waals surface area contributed by atoms with Crippen molar-refractivity contribution in [1.29, 1.82) is 0 Å². The number of carbonyl (C=O) groups excluding carboxylic acids is 2. The van der Waals surface area contributed by atoms with Crippen molar-refractivity contribution in [2.75, 3.05) is 13.1 Å². The minimum absolute atomic E-state index is 0.0334. The van der Waals surface area contributed by atoms with Gasteiger partial charge < -0.3 is 14.6 Å². The zero-order chi connectivity index (χ0) is 20.1. The first-order chi connectivity index (χ1) is 13.4. The van der Waals surface area contributed by atoms with E-state index in [9.17, 15) is 22.8 Å². The van der Waals surface area contributed by atoms with Gasteiger partial charge >= 0.3 is 6.18 Å². The van der Waals surface area contributed by atoms with Crippen molar-refractivity contribution >= 4 is 11.8 Å². The first kappa shape index (κ1) is 19.5. The Labute approximate surface area is 159 Å². The number of nitrogens with zero attached hydrogens (tertiary/aromatic N) is 1. The zero-order valence-electron chi connectivity index (χ0n) is 14.8. The zero-order valence-corrected chi connectivity index (χ0v) is 14.8. The van der Waals surface area contributed by atoms with Crippen molar-refractivity contribution in [3.63, 3.8) is 0 Å². The molecule has 5 nitrogen and oxygen atoms in total. The van der Waals surface area contributed by atoms with Gasteiger partial charge in [-0.3, -0.25) is 9.59 Å². The Morgan fingerprint density at radius 2 is 2.07 bits per heavy atom. The molecule has 1 fully saturated rings. The van der Waals surface area contributed by atoms with E-state index < -0.39 is 17.8 Å². The highest BCUT2D eigenvalue weighted by molar-refractivity contribution is 5.96. The molecule has 1 aromatic heterocycles. The first-order valence-corrected chi connectivity index (χ1v) is 8.64. The Kier molecular flexibility index (Phi) is 5.73. The minimum Gasteiger partial charge on any atom is -0.459 e. The summed E-state index contributed by atoms with van der Waals surface area (Å²) in [5.41, 5.74) is -0.569. The van der Waals surface area contributed by atoms with Crippen LogP contribution in [0.1, 0.15) is 34.5 Å². The molecule has 0 bridgehead atoms. The average molecular weight is 390 g/mol. The van der Waals surface area contributed by atoms with Crippen molar-refractivity contribution in [3.8, 4) is 11.8 Å². The van der Waals surface area contributed by atoms with E-state index in [-0.39, 0.29) is 29.7 Å². The minimum atomic E-state index is -4.43. The number of likely N-dealkylation sites (tertiary alicyclic amines) is 1. The fourth-order valence-corrected chi connectivity index (χ4v) is 2.99. The van der Waals surface area contributed by atoms with Crippen LogP contribution in [0.2, 0.25) is 0 Å². The summed E-state index contributed by atoms with van der Waals surface area (Å²) in [6, 6.07) is 7.19. The number of nitrogens with one attached hydrogen (secondary N) is 1. The van der Waals surface area contributed by atoms with Crippen LogP contribution in [0, 0.1) is 11.8 Å². The second-order valence-corrected chi connectivity index (χ2v) is 6.23. The number of hydrogen-bond acceptors (Lipinski definition) is 3. The molecular formula is C20H17F3N2O3. The van der Waals surface area contributed by atoms with E-state index in [1.807, 2.05) is 0 Å². The third kappa shape index (κ3) is 4.55. The van der Waals surface area contributed by atoms with Crippen molar-refractivity contribution < 1.29 is 27.2 Å². The number of benzene rings is 1. The molecule has 1 atom stereocenters. The van der Waals surface area contributed by atoms with Gasteiger partial charge in [-0.25, -0.2) is 0 Å². The maximum Gasteiger partial charge on any atom is 0.416 e. The summed E-state index contributed by atoms with van der Waals surface area (Å²) in [5.74, 6) is 4.70. The van der Waals surface area contributed by atoms with E-state index in [2.05, 4.69) is 17.2 Å². The molecule has 0 radical (unpaired) electrons. The molecule has 0 saturated carbocycles. The SMILES string of the molecule is O=C(NCC#Cc1cccc(C(F)(F)F)c1)C1CCCN1C(=O)c1ccco1. The van der Waals surface area contributed by atoms with Gasteiger partial charge in [-0.2, -0.15) is 13.2 Å². The summed E-state index contributed by atoms with van der Waals surface area (Å²) in [6.45, 7) is 0.419. The van der Waals surface area contributed by atoms with Crippen molar-refractivity contribution in [3.05, 3.63) is 59.5 Å². The Morgan fingerprint density at radius 1 is 1.25 bits per heavy atom. The molecule has 8 heteroatoms. The lowest BCUT2D eigenvalue weighted by molar-refractivity contribution is -0.137. The van der Waals surface area contributed by atoms with Crippen LogP contribution in [0.4, 0.5) is 13.2 Å². The summed E-state index contributed by atoms with van der Waals surface area (Å²) >= 11 is 0. The Morgan fingerprint density at radius 3 is 2.79 bits per heavy atom. The number of hydrogen-bond donors (Lipinski definition) is 1. The van der Waals surface area contributed by atoms with Crippen molar-refractivity contribution in [2.24, 2.45) is 0 Å². The number of alkyl halides is 3. The van der Waals surface area contributed by atoms with Gasteiger partial charge in [0.15, 0.2) is 5.76 Å². The number of amides is 2. The molecule has 1 aromatic carbocycles. The molecule has 146 valence electrons. The lowest BCUT2D eigenvalue weighted by atomic mass is 10.1. The van der Waals surface area contributed by atoms with Crippen LogP contribution in [0.25, 0.3) is 0 Å². The van der Waals surface area contributed by atoms with Crippen LogP contribution in [-0.4, -0.2) is 35.8 Å². The second-order valence-electron chi connectivity index (χ2n) is 6.23. The fourth-order valence-electron chi connectivity index (χ4n) is 2.99. The quantitative estimate of drug-likeness (QED) is 0.820. The summed E-state index contributed by atoms with van der Waals surface area (Å²) in [5, 5.41) is 2.61. The Balaban J connectivity index is 1.58. The summed E-state index contributed by atoms with van der Waals surface area (Å²) in [7, 11) is 0. The molecule has 1 N–H and O–H groups in total. The van der Waals surface area contributed by atoms with E-state index in [4.69, 9.17) is 4.42 Å². The first-order valence-electron chi connectivity index (χ1n) is 8.64. The smallest absolute Gasteiger partial charge is 0.416 e. The van der Waals surface area contributed by atoms with Crippen LogP contribution in [-0.2, 0) is 11.0 Å². The third-order valence-electron chi connectivity index (χ3n) is 4.32. The van der Waals surface area contributed by atoms with Crippen LogP contribution >= 0.6 is 0 Å². The van der Waals surface area contributed by atoms with Crippen molar-refractivity contribution in [1.82, 2.24) is 10.2 Å². The molecule has 1 unspecified atom stereocenters. The fraction of sp³-hybridized carbons (Fsp3) is 0.300. The number of carbonyl (C=O) groups is 2. The van der Waals surface area contributed by atoms with Gasteiger partial charge in [0.05, 0.1) is 18.4 Å². The van der Waals surface area contributed by atoms with Gasteiger partial charge in [0.1, 0.15) is 6.04 Å². The molecule has 1 aliphatic heterocycles. The monoisotopic (exact) mass is 390 g/mol. The van der Waals surface area contributed by atoms with Gasteiger partial charge in [0, 0.05) is 12.1 Å². The molecule has 0 aliphatic carbocycles. The lowest BCUT2D eigenvalue weighted by Gasteiger charge is -2.22. The Bertz CT molecular complexity index is 911. The number of furan rings is 1. The van der Waals surface area contributed by atoms with Crippen LogP contribution in [0.3, 0.4) is 0 Å².